The maximum atomic E-state index is 14.0. The highest BCUT2D eigenvalue weighted by Crippen LogP contribution is 2.31. The predicted octanol–water partition coefficient (Wildman–Crippen LogP) is 4.60. The van der Waals surface area contributed by atoms with Gasteiger partial charge in [0.2, 0.25) is 4.96 Å². The van der Waals surface area contributed by atoms with Gasteiger partial charge in [0, 0.05) is 30.8 Å². The zero-order chi connectivity index (χ0) is 22.2. The van der Waals surface area contributed by atoms with Crippen molar-refractivity contribution in [2.75, 3.05) is 18.0 Å². The van der Waals surface area contributed by atoms with E-state index in [1.807, 2.05) is 13.8 Å². The van der Waals surface area contributed by atoms with Crippen molar-refractivity contribution < 1.29 is 13.7 Å². The highest BCUT2D eigenvalue weighted by molar-refractivity contribution is 7.18. The average Bonchev–Trinajstić information content (AvgIpc) is 3.49. The van der Waals surface area contributed by atoms with Gasteiger partial charge in [-0.05, 0) is 43.1 Å². The molecule has 0 aliphatic carbocycles. The number of halogens is 2. The molecule has 1 fully saturated rings. The first-order valence-electron chi connectivity index (χ1n) is 10.7. The summed E-state index contributed by atoms with van der Waals surface area (Å²) >= 11 is 1.35. The molecule has 9 nitrogen and oxygen atoms in total. The highest BCUT2D eigenvalue weighted by atomic mass is 35.5. The normalized spacial score (nSPS) is 15.7. The van der Waals surface area contributed by atoms with Gasteiger partial charge in [-0.2, -0.15) is 4.98 Å². The molecule has 0 spiro atoms. The molecular formula is C21H25ClFN7O2S. The average molecular weight is 494 g/mol. The molecule has 0 aromatic carbocycles. The Hall–Kier alpha value is -2.79. The minimum atomic E-state index is -0.407. The van der Waals surface area contributed by atoms with Gasteiger partial charge in [0.15, 0.2) is 11.6 Å². The quantitative estimate of drug-likeness (QED) is 0.384. The van der Waals surface area contributed by atoms with Crippen LogP contribution < -0.4 is 9.64 Å². The van der Waals surface area contributed by atoms with E-state index in [9.17, 15) is 4.39 Å². The number of fused-ring (bicyclic) bond motifs is 1. The number of rotatable bonds is 6. The molecule has 0 radical (unpaired) electrons. The van der Waals surface area contributed by atoms with Crippen molar-refractivity contribution in [3.63, 3.8) is 0 Å². The summed E-state index contributed by atoms with van der Waals surface area (Å²) in [6.45, 7) is 7.87. The van der Waals surface area contributed by atoms with Crippen LogP contribution in [0.1, 0.15) is 45.4 Å². The number of piperidine rings is 1. The molecular weight excluding hydrogens is 469 g/mol. The molecule has 12 heteroatoms. The van der Waals surface area contributed by atoms with E-state index in [2.05, 4.69) is 37.0 Å². The largest absolute Gasteiger partial charge is 0.466 e. The Morgan fingerprint density at radius 2 is 2.00 bits per heavy atom. The van der Waals surface area contributed by atoms with E-state index < -0.39 is 5.82 Å². The van der Waals surface area contributed by atoms with Crippen LogP contribution in [0.15, 0.2) is 29.2 Å². The van der Waals surface area contributed by atoms with Gasteiger partial charge in [0.25, 0.3) is 5.19 Å². The summed E-state index contributed by atoms with van der Waals surface area (Å²) < 4.78 is 27.2. The summed E-state index contributed by atoms with van der Waals surface area (Å²) in [7, 11) is 0. The minimum Gasteiger partial charge on any atom is -0.466 e. The fraction of sp³-hybridized carbons (Fsp3) is 0.476. The third kappa shape index (κ3) is 4.79. The molecule has 4 aromatic heterocycles. The molecule has 0 saturated carbocycles. The second-order valence-corrected chi connectivity index (χ2v) is 9.23. The molecule has 1 atom stereocenters. The van der Waals surface area contributed by atoms with Crippen LogP contribution in [0.25, 0.3) is 16.2 Å². The monoisotopic (exact) mass is 493 g/mol. The molecule has 0 amide bonds. The standard InChI is InChI=1S/C21H24FN7O2S.ClH/c1-12(2)18-25-19(31-27-18)28-8-5-14(6-9-28)13(3)30-21-26-29-11-17(24-20(29)32-21)15-4-7-23-10-16(15)22;/h4,7,10-14H,5-6,8-9H2,1-3H3;1H/t13-;/m0./s1. The molecule has 0 unspecified atom stereocenters. The third-order valence-corrected chi connectivity index (χ3v) is 6.59. The first-order valence-corrected chi connectivity index (χ1v) is 11.5. The van der Waals surface area contributed by atoms with Crippen molar-refractivity contribution in [2.45, 2.75) is 45.6 Å². The Morgan fingerprint density at radius 3 is 2.67 bits per heavy atom. The van der Waals surface area contributed by atoms with Crippen LogP contribution >= 0.6 is 23.7 Å². The lowest BCUT2D eigenvalue weighted by Gasteiger charge is -2.33. The van der Waals surface area contributed by atoms with Gasteiger partial charge in [0.1, 0.15) is 6.10 Å². The summed E-state index contributed by atoms with van der Waals surface area (Å²) in [5.74, 6) is 0.979. The van der Waals surface area contributed by atoms with Crippen LogP contribution in [0.4, 0.5) is 10.4 Å². The number of hydrogen-bond donors (Lipinski definition) is 0. The van der Waals surface area contributed by atoms with E-state index in [-0.39, 0.29) is 24.4 Å². The van der Waals surface area contributed by atoms with Gasteiger partial charge in [0.05, 0.1) is 18.1 Å². The van der Waals surface area contributed by atoms with Crippen LogP contribution in [0.5, 0.6) is 5.19 Å². The number of nitrogens with zero attached hydrogens (tertiary/aromatic N) is 7. The predicted molar refractivity (Wildman–Crippen MR) is 125 cm³/mol. The topological polar surface area (TPSA) is 94.5 Å². The number of aromatic nitrogens is 6. The van der Waals surface area contributed by atoms with Crippen molar-refractivity contribution in [3.05, 3.63) is 36.3 Å². The molecule has 4 aromatic rings. The fourth-order valence-electron chi connectivity index (χ4n) is 3.85. The molecule has 1 aliphatic heterocycles. The van der Waals surface area contributed by atoms with Crippen LogP contribution in [0, 0.1) is 11.7 Å². The summed E-state index contributed by atoms with van der Waals surface area (Å²) in [6.07, 6.45) is 6.38. The van der Waals surface area contributed by atoms with Crippen LogP contribution in [-0.4, -0.2) is 48.9 Å². The highest BCUT2D eigenvalue weighted by Gasteiger charge is 2.28. The summed E-state index contributed by atoms with van der Waals surface area (Å²) in [5, 5.41) is 9.09. The van der Waals surface area contributed by atoms with Gasteiger partial charge < -0.3 is 14.2 Å². The van der Waals surface area contributed by atoms with Gasteiger partial charge in [-0.3, -0.25) is 4.98 Å². The Morgan fingerprint density at radius 1 is 1.21 bits per heavy atom. The Kier molecular flexibility index (Phi) is 6.80. The number of hydrogen-bond acceptors (Lipinski definition) is 9. The SMILES string of the molecule is CC(C)c1noc(N2CCC([C@H](C)Oc3nn4cc(-c5ccncc5F)nc4s3)CC2)n1.Cl. The van der Waals surface area contributed by atoms with Crippen molar-refractivity contribution in [3.8, 4) is 16.5 Å². The number of ether oxygens (including phenoxy) is 1. The van der Waals surface area contributed by atoms with E-state index in [0.29, 0.717) is 33.3 Å². The molecule has 5 rings (SSSR count). The molecule has 5 heterocycles. The molecule has 176 valence electrons. The van der Waals surface area contributed by atoms with Crippen LogP contribution in [0.3, 0.4) is 0 Å². The van der Waals surface area contributed by atoms with Crippen molar-refractivity contribution in [1.29, 1.82) is 0 Å². The summed E-state index contributed by atoms with van der Waals surface area (Å²) in [5.41, 5.74) is 0.930. The summed E-state index contributed by atoms with van der Waals surface area (Å²) in [4.78, 5) is 15.6. The molecule has 1 aliphatic rings. The molecule has 0 N–H and O–H groups in total. The van der Waals surface area contributed by atoms with Gasteiger partial charge in [-0.1, -0.05) is 19.0 Å². The maximum absolute atomic E-state index is 14.0. The number of pyridine rings is 1. The minimum absolute atomic E-state index is 0. The van der Waals surface area contributed by atoms with Crippen LogP contribution in [-0.2, 0) is 0 Å². The summed E-state index contributed by atoms with van der Waals surface area (Å²) in [6, 6.07) is 2.20. The van der Waals surface area contributed by atoms with Gasteiger partial charge in [-0.15, -0.1) is 17.5 Å². The number of anilines is 1. The van der Waals surface area contributed by atoms with Gasteiger partial charge in [-0.25, -0.2) is 13.9 Å². The van der Waals surface area contributed by atoms with Gasteiger partial charge >= 0.3 is 6.01 Å². The van der Waals surface area contributed by atoms with E-state index in [1.165, 1.54) is 17.5 Å². The zero-order valence-corrected chi connectivity index (χ0v) is 20.1. The first kappa shape index (κ1) is 23.4. The fourth-order valence-corrected chi connectivity index (χ4v) is 4.66. The first-order chi connectivity index (χ1) is 15.5. The maximum Gasteiger partial charge on any atom is 0.324 e. The van der Waals surface area contributed by atoms with Crippen molar-refractivity contribution >= 4 is 34.7 Å². The van der Waals surface area contributed by atoms with Crippen molar-refractivity contribution in [2.24, 2.45) is 5.92 Å². The molecule has 1 saturated heterocycles. The zero-order valence-electron chi connectivity index (χ0n) is 18.5. The van der Waals surface area contributed by atoms with Crippen molar-refractivity contribution in [1.82, 2.24) is 29.7 Å². The van der Waals surface area contributed by atoms with E-state index >= 15 is 0 Å². The second-order valence-electron chi connectivity index (χ2n) is 8.31. The Bertz CT molecular complexity index is 1190. The molecule has 0 bridgehead atoms. The van der Waals surface area contributed by atoms with Crippen LogP contribution in [0.2, 0.25) is 0 Å². The molecule has 33 heavy (non-hydrogen) atoms. The second kappa shape index (κ2) is 9.60. The Balaban J connectivity index is 0.00000259. The lowest BCUT2D eigenvalue weighted by Crippen LogP contribution is -2.38. The lowest BCUT2D eigenvalue weighted by molar-refractivity contribution is 0.130. The lowest BCUT2D eigenvalue weighted by atomic mass is 9.92. The van der Waals surface area contributed by atoms with E-state index in [1.54, 1.807) is 23.0 Å². The Labute approximate surface area is 200 Å². The van der Waals surface area contributed by atoms with E-state index in [0.717, 1.165) is 31.8 Å². The smallest absolute Gasteiger partial charge is 0.324 e. The number of imidazole rings is 1. The van der Waals surface area contributed by atoms with E-state index in [4.69, 9.17) is 9.26 Å². The third-order valence-electron chi connectivity index (χ3n) is 5.78.